The van der Waals surface area contributed by atoms with Crippen LogP contribution in [0.5, 0.6) is 0 Å². The predicted molar refractivity (Wildman–Crippen MR) is 94.6 cm³/mol. The first-order valence-corrected chi connectivity index (χ1v) is 9.63. The van der Waals surface area contributed by atoms with E-state index in [2.05, 4.69) is 5.32 Å². The van der Waals surface area contributed by atoms with E-state index in [1.54, 1.807) is 6.07 Å². The molecule has 1 aromatic rings. The van der Waals surface area contributed by atoms with Gasteiger partial charge in [0.1, 0.15) is 0 Å². The van der Waals surface area contributed by atoms with E-state index in [1.807, 2.05) is 4.90 Å². The van der Waals surface area contributed by atoms with Crippen molar-refractivity contribution >= 4 is 12.0 Å². The van der Waals surface area contributed by atoms with Crippen molar-refractivity contribution in [3.8, 4) is 0 Å². The van der Waals surface area contributed by atoms with Gasteiger partial charge in [-0.25, -0.2) is 4.79 Å². The molecule has 1 aromatic carbocycles. The summed E-state index contributed by atoms with van der Waals surface area (Å²) < 4.78 is 44.4. The minimum Gasteiger partial charge on any atom is -0.450 e. The van der Waals surface area contributed by atoms with Gasteiger partial charge in [0.15, 0.2) is 0 Å². The molecule has 8 heteroatoms. The Hall–Kier alpha value is -2.25. The van der Waals surface area contributed by atoms with Crippen molar-refractivity contribution in [2.45, 2.75) is 31.9 Å². The van der Waals surface area contributed by atoms with E-state index in [0.717, 1.165) is 5.56 Å². The first-order valence-electron chi connectivity index (χ1n) is 9.63. The van der Waals surface area contributed by atoms with Crippen molar-refractivity contribution < 1.29 is 27.5 Å². The summed E-state index contributed by atoms with van der Waals surface area (Å²) in [5.41, 5.74) is 0.375. The molecule has 3 fully saturated rings. The number of cyclic esters (lactones) is 1. The van der Waals surface area contributed by atoms with Crippen LogP contribution in [0, 0.1) is 24.7 Å². The third kappa shape index (κ3) is 3.56. The van der Waals surface area contributed by atoms with Gasteiger partial charge in [0.2, 0.25) is 5.91 Å². The van der Waals surface area contributed by atoms with Gasteiger partial charge in [-0.05, 0) is 54.7 Å². The van der Waals surface area contributed by atoms with Crippen LogP contribution in [-0.4, -0.2) is 43.1 Å². The lowest BCUT2D eigenvalue weighted by Crippen LogP contribution is -2.43. The molecule has 1 N–H and O–H groups in total. The number of alkyl halides is 3. The second kappa shape index (κ2) is 6.97. The van der Waals surface area contributed by atoms with Crippen molar-refractivity contribution in [2.75, 3.05) is 26.2 Å². The second-order valence-electron chi connectivity index (χ2n) is 8.02. The average Bonchev–Trinajstić information content (AvgIpc) is 3.11. The molecule has 0 unspecified atom stereocenters. The van der Waals surface area contributed by atoms with Gasteiger partial charge >= 0.3 is 12.3 Å². The summed E-state index contributed by atoms with van der Waals surface area (Å²) in [4.78, 5) is 26.0. The third-order valence-corrected chi connectivity index (χ3v) is 6.23. The molecule has 2 amide bonds. The molecule has 0 aromatic heterocycles. The van der Waals surface area contributed by atoms with Crippen LogP contribution in [0.25, 0.3) is 0 Å². The summed E-state index contributed by atoms with van der Waals surface area (Å²) in [6, 6.07) is 4.59. The van der Waals surface area contributed by atoms with Gasteiger partial charge in [-0.15, -0.1) is 0 Å². The van der Waals surface area contributed by atoms with E-state index in [9.17, 15) is 22.8 Å². The quantitative estimate of drug-likeness (QED) is 0.834. The number of nitrogens with one attached hydrogen (secondary N) is 1. The third-order valence-electron chi connectivity index (χ3n) is 6.23. The van der Waals surface area contributed by atoms with E-state index in [0.29, 0.717) is 32.5 Å². The summed E-state index contributed by atoms with van der Waals surface area (Å²) in [5, 5.41) is 2.61. The van der Waals surface area contributed by atoms with Gasteiger partial charge < -0.3 is 15.0 Å². The van der Waals surface area contributed by atoms with Crippen LogP contribution in [0.4, 0.5) is 18.0 Å². The Morgan fingerprint density at radius 2 is 1.96 bits per heavy atom. The molecule has 3 aliphatic rings. The summed E-state index contributed by atoms with van der Waals surface area (Å²) in [6.07, 6.45) is -3.54. The van der Waals surface area contributed by atoms with Crippen LogP contribution in [-0.2, 0) is 15.7 Å². The molecule has 2 heterocycles. The van der Waals surface area contributed by atoms with Crippen molar-refractivity contribution in [1.82, 2.24) is 10.2 Å². The molecule has 0 radical (unpaired) electrons. The molecule has 5 nitrogen and oxygen atoms in total. The normalized spacial score (nSPS) is 30.0. The monoisotopic (exact) mass is 396 g/mol. The fourth-order valence-corrected chi connectivity index (χ4v) is 4.68. The van der Waals surface area contributed by atoms with Gasteiger partial charge in [-0.1, -0.05) is 12.1 Å². The minimum atomic E-state index is -4.35. The highest BCUT2D eigenvalue weighted by molar-refractivity contribution is 5.80. The van der Waals surface area contributed by atoms with E-state index in [4.69, 9.17) is 4.74 Å². The summed E-state index contributed by atoms with van der Waals surface area (Å²) >= 11 is 0. The SMILES string of the molecule is Cc1ccc([C@H]2[C@@H]3CN(C(=O)[C@@H]4CCCOC(=O)NC4)C[C@@H]32)cc1C(F)(F)F. The smallest absolute Gasteiger partial charge is 0.416 e. The zero-order chi connectivity index (χ0) is 20.1. The molecule has 152 valence electrons. The lowest BCUT2D eigenvalue weighted by molar-refractivity contribution is -0.138. The maximum absolute atomic E-state index is 13.2. The van der Waals surface area contributed by atoms with Gasteiger partial charge in [0, 0.05) is 19.6 Å². The minimum absolute atomic E-state index is 0.0213. The lowest BCUT2D eigenvalue weighted by Gasteiger charge is -2.27. The molecule has 2 aliphatic heterocycles. The number of carbonyl (C=O) groups excluding carboxylic acids is 2. The summed E-state index contributed by atoms with van der Waals surface area (Å²) in [5.74, 6) is 0.294. The molecule has 2 saturated heterocycles. The second-order valence-corrected chi connectivity index (χ2v) is 8.02. The topological polar surface area (TPSA) is 58.6 Å². The number of aryl methyl sites for hydroxylation is 1. The number of alkyl carbamates (subject to hydrolysis) is 1. The molecule has 4 rings (SSSR count). The first kappa shape index (κ1) is 19.1. The maximum Gasteiger partial charge on any atom is 0.416 e. The molecule has 0 spiro atoms. The summed E-state index contributed by atoms with van der Waals surface area (Å²) in [7, 11) is 0. The van der Waals surface area contributed by atoms with E-state index < -0.39 is 17.8 Å². The highest BCUT2D eigenvalue weighted by Gasteiger charge is 2.57. The predicted octanol–water partition coefficient (Wildman–Crippen LogP) is 3.32. The number of halogens is 3. The number of nitrogens with zero attached hydrogens (tertiary/aromatic N) is 1. The number of carbonyl (C=O) groups is 2. The molecular weight excluding hydrogens is 373 g/mol. The van der Waals surface area contributed by atoms with Crippen molar-refractivity contribution in [1.29, 1.82) is 0 Å². The maximum atomic E-state index is 13.2. The number of rotatable bonds is 2. The van der Waals surface area contributed by atoms with Crippen LogP contribution in [0.3, 0.4) is 0 Å². The van der Waals surface area contributed by atoms with Gasteiger partial charge in [-0.2, -0.15) is 13.2 Å². The Kier molecular flexibility index (Phi) is 4.75. The fourth-order valence-electron chi connectivity index (χ4n) is 4.68. The molecule has 28 heavy (non-hydrogen) atoms. The molecule has 1 aliphatic carbocycles. The van der Waals surface area contributed by atoms with Crippen LogP contribution < -0.4 is 5.32 Å². The number of fused-ring (bicyclic) bond motifs is 1. The van der Waals surface area contributed by atoms with Crippen molar-refractivity contribution in [2.24, 2.45) is 17.8 Å². The van der Waals surface area contributed by atoms with Crippen LogP contribution in [0.15, 0.2) is 18.2 Å². The van der Waals surface area contributed by atoms with E-state index in [1.165, 1.54) is 19.1 Å². The number of piperidine rings is 1. The Bertz CT molecular complexity index is 783. The summed E-state index contributed by atoms with van der Waals surface area (Å²) in [6.45, 7) is 3.19. The van der Waals surface area contributed by atoms with E-state index >= 15 is 0 Å². The number of likely N-dealkylation sites (tertiary alicyclic amines) is 1. The Morgan fingerprint density at radius 3 is 2.64 bits per heavy atom. The standard InChI is InChI=1S/C20H23F3N2O3/c1-11-4-5-12(7-16(11)20(21,22)23)17-14-9-25(10-15(14)17)18(26)13-3-2-6-28-19(27)24-8-13/h4-5,7,13-15,17H,2-3,6,8-10H2,1H3,(H,24,27)/t13-,14-,15+,17+/m1/s1. The van der Waals surface area contributed by atoms with Crippen molar-refractivity contribution in [3.05, 3.63) is 34.9 Å². The fraction of sp³-hybridized carbons (Fsp3) is 0.600. The highest BCUT2D eigenvalue weighted by atomic mass is 19.4. The number of hydrogen-bond donors (Lipinski definition) is 1. The number of benzene rings is 1. The highest BCUT2D eigenvalue weighted by Crippen LogP contribution is 2.58. The van der Waals surface area contributed by atoms with Crippen LogP contribution in [0.2, 0.25) is 0 Å². The number of hydrogen-bond acceptors (Lipinski definition) is 3. The number of ether oxygens (including phenoxy) is 1. The Morgan fingerprint density at radius 1 is 1.25 bits per heavy atom. The lowest BCUT2D eigenvalue weighted by atomic mass is 9.98. The largest absolute Gasteiger partial charge is 0.450 e. The number of amides is 2. The molecule has 4 atom stereocenters. The first-order chi connectivity index (χ1) is 13.3. The van der Waals surface area contributed by atoms with Gasteiger partial charge in [-0.3, -0.25) is 4.79 Å². The van der Waals surface area contributed by atoms with E-state index in [-0.39, 0.29) is 41.7 Å². The average molecular weight is 396 g/mol. The van der Waals surface area contributed by atoms with Crippen LogP contribution in [0.1, 0.15) is 35.4 Å². The van der Waals surface area contributed by atoms with Crippen LogP contribution >= 0.6 is 0 Å². The molecule has 1 saturated carbocycles. The molecule has 0 bridgehead atoms. The van der Waals surface area contributed by atoms with Gasteiger partial charge in [0.25, 0.3) is 0 Å². The molecular formula is C20H23F3N2O3. The zero-order valence-corrected chi connectivity index (χ0v) is 15.6. The Balaban J connectivity index is 1.39. The van der Waals surface area contributed by atoms with Crippen molar-refractivity contribution in [3.63, 3.8) is 0 Å². The Labute approximate surface area is 161 Å². The zero-order valence-electron chi connectivity index (χ0n) is 15.6. The van der Waals surface area contributed by atoms with Gasteiger partial charge in [0.05, 0.1) is 18.1 Å².